The third kappa shape index (κ3) is 4.10. The molecule has 0 aliphatic carbocycles. The van der Waals surface area contributed by atoms with E-state index in [1.165, 1.54) is 0 Å². The van der Waals surface area contributed by atoms with E-state index < -0.39 is 42.0 Å². The normalized spacial score (nSPS) is 20.7. The van der Waals surface area contributed by atoms with Crippen LogP contribution in [0.5, 0.6) is 5.75 Å². The molecule has 1 aromatic rings. The standard InChI is InChI=1S/C19H25F3N2O3/c1-11-7-12(2)16(13(3)8-11)27-10-15(25)24-18(26,17(4,5)6)9-14(23-24)19(20,21)22/h7-8,26H,9-10H2,1-6H3. The summed E-state index contributed by atoms with van der Waals surface area (Å²) in [6, 6.07) is 3.77. The molecule has 0 bridgehead atoms. The second-order valence-electron chi connectivity index (χ2n) is 8.01. The molecule has 27 heavy (non-hydrogen) atoms. The average Bonchev–Trinajstić information content (AvgIpc) is 2.85. The highest BCUT2D eigenvalue weighted by atomic mass is 19.4. The molecule has 1 unspecified atom stereocenters. The molecule has 5 nitrogen and oxygen atoms in total. The molecular formula is C19H25F3N2O3. The van der Waals surface area contributed by atoms with Crippen molar-refractivity contribution in [1.82, 2.24) is 5.01 Å². The Morgan fingerprint density at radius 2 is 1.74 bits per heavy atom. The Bertz CT molecular complexity index is 758. The fourth-order valence-electron chi connectivity index (χ4n) is 3.14. The number of nitrogens with zero attached hydrogens (tertiary/aromatic N) is 2. The summed E-state index contributed by atoms with van der Waals surface area (Å²) < 4.78 is 44.9. The number of aliphatic hydroxyl groups is 1. The molecule has 1 aromatic carbocycles. The molecule has 1 heterocycles. The molecule has 150 valence electrons. The third-order valence-electron chi connectivity index (χ3n) is 4.69. The van der Waals surface area contributed by atoms with Gasteiger partial charge < -0.3 is 9.84 Å². The number of amides is 1. The number of rotatable bonds is 3. The van der Waals surface area contributed by atoms with Crippen molar-refractivity contribution in [2.24, 2.45) is 10.5 Å². The summed E-state index contributed by atoms with van der Waals surface area (Å²) in [5.41, 5.74) is -1.66. The zero-order chi connectivity index (χ0) is 20.8. The van der Waals surface area contributed by atoms with Crippen LogP contribution in [0.1, 0.15) is 43.9 Å². The van der Waals surface area contributed by atoms with Gasteiger partial charge in [0, 0.05) is 11.8 Å². The van der Waals surface area contributed by atoms with E-state index in [0.29, 0.717) is 10.8 Å². The Morgan fingerprint density at radius 1 is 1.22 bits per heavy atom. The molecule has 1 aliphatic rings. The number of carbonyl (C=O) groups is 1. The quantitative estimate of drug-likeness (QED) is 0.858. The van der Waals surface area contributed by atoms with Crippen LogP contribution < -0.4 is 4.74 Å². The predicted molar refractivity (Wildman–Crippen MR) is 95.5 cm³/mol. The molecule has 2 rings (SSSR count). The second-order valence-corrected chi connectivity index (χ2v) is 8.01. The minimum Gasteiger partial charge on any atom is -0.483 e. The van der Waals surface area contributed by atoms with Crippen LogP contribution in [0.3, 0.4) is 0 Å². The lowest BCUT2D eigenvalue weighted by molar-refractivity contribution is -0.183. The summed E-state index contributed by atoms with van der Waals surface area (Å²) in [6.07, 6.45) is -5.51. The van der Waals surface area contributed by atoms with Crippen LogP contribution in [-0.4, -0.2) is 40.2 Å². The Labute approximate surface area is 156 Å². The van der Waals surface area contributed by atoms with Crippen LogP contribution in [0.4, 0.5) is 13.2 Å². The predicted octanol–water partition coefficient (Wildman–Crippen LogP) is 3.88. The molecule has 1 aliphatic heterocycles. The van der Waals surface area contributed by atoms with Crippen LogP contribution in [-0.2, 0) is 4.79 Å². The number of alkyl halides is 3. The number of aryl methyl sites for hydroxylation is 3. The Hall–Kier alpha value is -2.09. The topological polar surface area (TPSA) is 62.1 Å². The maximum atomic E-state index is 13.1. The molecule has 0 saturated heterocycles. The maximum Gasteiger partial charge on any atom is 0.431 e. The lowest BCUT2D eigenvalue weighted by Crippen LogP contribution is -2.56. The molecule has 1 atom stereocenters. The number of ether oxygens (including phenoxy) is 1. The minimum absolute atomic E-state index is 0.493. The summed E-state index contributed by atoms with van der Waals surface area (Å²) in [7, 11) is 0. The molecular weight excluding hydrogens is 361 g/mol. The van der Waals surface area contributed by atoms with E-state index in [1.807, 2.05) is 32.9 Å². The van der Waals surface area contributed by atoms with Crippen molar-refractivity contribution in [2.75, 3.05) is 6.61 Å². The summed E-state index contributed by atoms with van der Waals surface area (Å²) in [5, 5.41) is 14.8. The number of carbonyl (C=O) groups excluding carboxylic acids is 1. The Morgan fingerprint density at radius 3 is 2.19 bits per heavy atom. The van der Waals surface area contributed by atoms with Gasteiger partial charge in [0.25, 0.3) is 5.91 Å². The minimum atomic E-state index is -4.72. The van der Waals surface area contributed by atoms with E-state index in [0.717, 1.165) is 16.7 Å². The summed E-state index contributed by atoms with van der Waals surface area (Å²) >= 11 is 0. The van der Waals surface area contributed by atoms with Gasteiger partial charge in [0.1, 0.15) is 11.5 Å². The van der Waals surface area contributed by atoms with Crippen LogP contribution in [0, 0.1) is 26.2 Å². The van der Waals surface area contributed by atoms with Gasteiger partial charge in [-0.2, -0.15) is 23.3 Å². The molecule has 0 aromatic heterocycles. The first kappa shape index (κ1) is 21.2. The molecule has 0 saturated carbocycles. The van der Waals surface area contributed by atoms with Crippen LogP contribution >= 0.6 is 0 Å². The second kappa shape index (κ2) is 6.82. The number of benzene rings is 1. The molecule has 0 fully saturated rings. The van der Waals surface area contributed by atoms with Gasteiger partial charge in [0.05, 0.1) is 0 Å². The first-order valence-corrected chi connectivity index (χ1v) is 8.57. The van der Waals surface area contributed by atoms with Crippen molar-refractivity contribution >= 4 is 11.6 Å². The van der Waals surface area contributed by atoms with E-state index in [2.05, 4.69) is 5.10 Å². The number of hydrogen-bond donors (Lipinski definition) is 1. The van der Waals surface area contributed by atoms with Crippen LogP contribution in [0.25, 0.3) is 0 Å². The number of hydrazone groups is 1. The van der Waals surface area contributed by atoms with Crippen molar-refractivity contribution in [3.05, 3.63) is 28.8 Å². The van der Waals surface area contributed by atoms with Gasteiger partial charge in [0.2, 0.25) is 0 Å². The van der Waals surface area contributed by atoms with Crippen molar-refractivity contribution < 1.29 is 27.8 Å². The molecule has 1 amide bonds. The highest BCUT2D eigenvalue weighted by Gasteiger charge is 2.57. The van der Waals surface area contributed by atoms with Gasteiger partial charge in [-0.3, -0.25) is 4.79 Å². The first-order valence-electron chi connectivity index (χ1n) is 8.57. The maximum absolute atomic E-state index is 13.1. The van der Waals surface area contributed by atoms with E-state index in [-0.39, 0.29) is 0 Å². The van der Waals surface area contributed by atoms with Crippen molar-refractivity contribution in [2.45, 2.75) is 59.9 Å². The SMILES string of the molecule is Cc1cc(C)c(OCC(=O)N2N=C(C(F)(F)F)CC2(O)C(C)(C)C)c(C)c1. The summed E-state index contributed by atoms with van der Waals surface area (Å²) in [6.45, 7) is 9.70. The van der Waals surface area contributed by atoms with Crippen LogP contribution in [0.15, 0.2) is 17.2 Å². The van der Waals surface area contributed by atoms with E-state index in [4.69, 9.17) is 4.74 Å². The molecule has 8 heteroatoms. The zero-order valence-electron chi connectivity index (χ0n) is 16.4. The van der Waals surface area contributed by atoms with Gasteiger partial charge in [-0.25, -0.2) is 0 Å². The molecule has 1 N–H and O–H groups in total. The van der Waals surface area contributed by atoms with Gasteiger partial charge in [0.15, 0.2) is 12.3 Å². The Balaban J connectivity index is 2.28. The van der Waals surface area contributed by atoms with Crippen molar-refractivity contribution in [3.8, 4) is 5.75 Å². The highest BCUT2D eigenvalue weighted by molar-refractivity contribution is 5.94. The highest BCUT2D eigenvalue weighted by Crippen LogP contribution is 2.43. The lowest BCUT2D eigenvalue weighted by Gasteiger charge is -2.41. The average molecular weight is 386 g/mol. The number of halogens is 3. The van der Waals surface area contributed by atoms with Crippen LogP contribution in [0.2, 0.25) is 0 Å². The molecule has 0 spiro atoms. The monoisotopic (exact) mass is 386 g/mol. The van der Waals surface area contributed by atoms with Gasteiger partial charge in [-0.1, -0.05) is 38.5 Å². The van der Waals surface area contributed by atoms with Gasteiger partial charge in [-0.15, -0.1) is 0 Å². The van der Waals surface area contributed by atoms with Gasteiger partial charge >= 0.3 is 6.18 Å². The first-order chi connectivity index (χ1) is 12.2. The van der Waals surface area contributed by atoms with E-state index in [1.54, 1.807) is 20.8 Å². The summed E-state index contributed by atoms with van der Waals surface area (Å²) in [4.78, 5) is 12.6. The third-order valence-corrected chi connectivity index (χ3v) is 4.69. The van der Waals surface area contributed by atoms with E-state index in [9.17, 15) is 23.1 Å². The fraction of sp³-hybridized carbons (Fsp3) is 0.579. The largest absolute Gasteiger partial charge is 0.483 e. The molecule has 0 radical (unpaired) electrons. The smallest absolute Gasteiger partial charge is 0.431 e. The lowest BCUT2D eigenvalue weighted by atomic mass is 9.80. The fourth-order valence-corrected chi connectivity index (χ4v) is 3.14. The van der Waals surface area contributed by atoms with Crippen molar-refractivity contribution in [1.29, 1.82) is 0 Å². The summed E-state index contributed by atoms with van der Waals surface area (Å²) in [5.74, 6) is -0.349. The Kier molecular flexibility index (Phi) is 5.35. The zero-order valence-corrected chi connectivity index (χ0v) is 16.4. The van der Waals surface area contributed by atoms with Crippen molar-refractivity contribution in [3.63, 3.8) is 0 Å². The van der Waals surface area contributed by atoms with E-state index >= 15 is 0 Å². The number of hydrogen-bond acceptors (Lipinski definition) is 4. The van der Waals surface area contributed by atoms with Gasteiger partial charge in [-0.05, 0) is 31.9 Å².